The van der Waals surface area contributed by atoms with Crippen LogP contribution in [0.3, 0.4) is 0 Å². The lowest BCUT2D eigenvalue weighted by atomic mass is 9.78. The van der Waals surface area contributed by atoms with E-state index >= 15 is 0 Å². The zero-order chi connectivity index (χ0) is 15.2. The molecule has 0 saturated heterocycles. The molecule has 1 aliphatic carbocycles. The molecule has 0 heterocycles. The van der Waals surface area contributed by atoms with E-state index in [1.54, 1.807) is 0 Å². The fourth-order valence-corrected chi connectivity index (χ4v) is 3.42. The minimum absolute atomic E-state index is 0.239. The molecule has 118 valence electrons. The van der Waals surface area contributed by atoms with Gasteiger partial charge in [-0.05, 0) is 56.2 Å². The lowest BCUT2D eigenvalue weighted by Crippen LogP contribution is -2.40. The van der Waals surface area contributed by atoms with Crippen molar-refractivity contribution in [2.45, 2.75) is 72.1 Å². The first-order valence-corrected chi connectivity index (χ1v) is 8.55. The highest BCUT2D eigenvalue weighted by molar-refractivity contribution is 5.27. The Bertz CT molecular complexity index is 410. The predicted octanol–water partition coefficient (Wildman–Crippen LogP) is 4.78. The van der Waals surface area contributed by atoms with Crippen molar-refractivity contribution < 1.29 is 4.74 Å². The summed E-state index contributed by atoms with van der Waals surface area (Å²) in [5.74, 6) is 2.58. The van der Waals surface area contributed by atoms with E-state index in [0.717, 1.165) is 24.1 Å². The highest BCUT2D eigenvalue weighted by atomic mass is 16.5. The molecule has 0 amide bonds. The van der Waals surface area contributed by atoms with Gasteiger partial charge in [-0.25, -0.2) is 0 Å². The Hall–Kier alpha value is -1.02. The van der Waals surface area contributed by atoms with E-state index in [1.165, 1.54) is 31.2 Å². The minimum Gasteiger partial charge on any atom is -0.491 e. The highest BCUT2D eigenvalue weighted by Crippen LogP contribution is 2.30. The fourth-order valence-electron chi connectivity index (χ4n) is 3.42. The molecule has 0 aliphatic heterocycles. The molecule has 2 rings (SSSR count). The van der Waals surface area contributed by atoms with Crippen molar-refractivity contribution in [3.63, 3.8) is 0 Å². The second-order valence-electron chi connectivity index (χ2n) is 6.99. The maximum atomic E-state index is 5.69. The summed E-state index contributed by atoms with van der Waals surface area (Å²) in [7, 11) is 0. The Morgan fingerprint density at radius 3 is 2.33 bits per heavy atom. The summed E-state index contributed by atoms with van der Waals surface area (Å²) in [5, 5.41) is 3.79. The van der Waals surface area contributed by atoms with E-state index in [0.29, 0.717) is 6.04 Å². The molecular weight excluding hydrogens is 258 g/mol. The molecule has 2 atom stereocenters. The summed E-state index contributed by atoms with van der Waals surface area (Å²) < 4.78 is 5.69. The van der Waals surface area contributed by atoms with Crippen molar-refractivity contribution in [3.8, 4) is 5.75 Å². The van der Waals surface area contributed by atoms with Gasteiger partial charge in [0.25, 0.3) is 0 Å². The number of nitrogens with one attached hydrogen (secondary N) is 1. The summed E-state index contributed by atoms with van der Waals surface area (Å²) in [6.45, 7) is 9.82. The number of hydrogen-bond acceptors (Lipinski definition) is 2. The van der Waals surface area contributed by atoms with Crippen molar-refractivity contribution in [1.82, 2.24) is 5.32 Å². The molecule has 0 bridgehead atoms. The van der Waals surface area contributed by atoms with Crippen LogP contribution < -0.4 is 10.1 Å². The van der Waals surface area contributed by atoms with Crippen molar-refractivity contribution in [1.29, 1.82) is 0 Å². The molecule has 21 heavy (non-hydrogen) atoms. The van der Waals surface area contributed by atoms with Crippen LogP contribution in [0.5, 0.6) is 5.75 Å². The number of ether oxygens (including phenoxy) is 1. The summed E-state index contributed by atoms with van der Waals surface area (Å²) >= 11 is 0. The van der Waals surface area contributed by atoms with Crippen LogP contribution in [0, 0.1) is 11.8 Å². The Kier molecular flexibility index (Phi) is 6.10. The monoisotopic (exact) mass is 289 g/mol. The van der Waals surface area contributed by atoms with Crippen LogP contribution in [0.2, 0.25) is 0 Å². The van der Waals surface area contributed by atoms with E-state index in [-0.39, 0.29) is 6.10 Å². The third-order valence-electron chi connectivity index (χ3n) is 4.54. The van der Waals surface area contributed by atoms with E-state index in [9.17, 15) is 0 Å². The lowest BCUT2D eigenvalue weighted by Gasteiger charge is -2.35. The summed E-state index contributed by atoms with van der Waals surface area (Å²) in [4.78, 5) is 0. The first-order valence-electron chi connectivity index (χ1n) is 8.55. The van der Waals surface area contributed by atoms with Gasteiger partial charge in [-0.1, -0.05) is 38.8 Å². The minimum atomic E-state index is 0.239. The van der Waals surface area contributed by atoms with Crippen LogP contribution >= 0.6 is 0 Å². The Labute approximate surface area is 130 Å². The van der Waals surface area contributed by atoms with Crippen LogP contribution in [-0.4, -0.2) is 12.1 Å². The van der Waals surface area contributed by atoms with Crippen molar-refractivity contribution in [3.05, 3.63) is 29.8 Å². The fraction of sp³-hybridized carbons (Fsp3) is 0.684. The molecule has 0 radical (unpaired) electrons. The zero-order valence-corrected chi connectivity index (χ0v) is 14.1. The van der Waals surface area contributed by atoms with Crippen LogP contribution in [0.15, 0.2) is 24.3 Å². The molecule has 0 spiro atoms. The van der Waals surface area contributed by atoms with E-state index < -0.39 is 0 Å². The number of hydrogen-bond donors (Lipinski definition) is 1. The van der Waals surface area contributed by atoms with Gasteiger partial charge in [0.2, 0.25) is 0 Å². The predicted molar refractivity (Wildman–Crippen MR) is 89.6 cm³/mol. The molecule has 1 aromatic carbocycles. The average molecular weight is 289 g/mol. The molecule has 0 aromatic heterocycles. The van der Waals surface area contributed by atoms with E-state index in [2.05, 4.69) is 57.3 Å². The topological polar surface area (TPSA) is 21.3 Å². The summed E-state index contributed by atoms with van der Waals surface area (Å²) in [5.41, 5.74) is 1.35. The van der Waals surface area contributed by atoms with Crippen LogP contribution in [0.1, 0.15) is 58.9 Å². The van der Waals surface area contributed by atoms with Gasteiger partial charge in [-0.2, -0.15) is 0 Å². The first kappa shape index (κ1) is 16.4. The number of rotatable bonds is 6. The maximum Gasteiger partial charge on any atom is 0.119 e. The van der Waals surface area contributed by atoms with Gasteiger partial charge in [-0.3, -0.25) is 0 Å². The lowest BCUT2D eigenvalue weighted by molar-refractivity contribution is 0.204. The van der Waals surface area contributed by atoms with Gasteiger partial charge in [0.1, 0.15) is 5.75 Å². The second-order valence-corrected chi connectivity index (χ2v) is 6.99. The maximum absolute atomic E-state index is 5.69. The zero-order valence-electron chi connectivity index (χ0n) is 14.1. The second kappa shape index (κ2) is 7.84. The molecule has 1 aromatic rings. The Balaban J connectivity index is 1.86. The molecule has 2 heteroatoms. The van der Waals surface area contributed by atoms with Gasteiger partial charge in [0.15, 0.2) is 0 Å². The molecular formula is C19H31NO. The van der Waals surface area contributed by atoms with Gasteiger partial charge in [0, 0.05) is 12.6 Å². The SMILES string of the molecule is CC(C)Oc1ccc(CNC2CCCCC2C(C)C)cc1. The Morgan fingerprint density at radius 2 is 1.71 bits per heavy atom. The molecule has 2 unspecified atom stereocenters. The molecule has 1 N–H and O–H groups in total. The van der Waals surface area contributed by atoms with Crippen LogP contribution in [-0.2, 0) is 6.54 Å². The van der Waals surface area contributed by atoms with Gasteiger partial charge >= 0.3 is 0 Å². The normalized spacial score (nSPS) is 22.8. The van der Waals surface area contributed by atoms with Gasteiger partial charge in [-0.15, -0.1) is 0 Å². The van der Waals surface area contributed by atoms with Gasteiger partial charge in [0.05, 0.1) is 6.10 Å². The Morgan fingerprint density at radius 1 is 1.05 bits per heavy atom. The third-order valence-corrected chi connectivity index (χ3v) is 4.54. The van der Waals surface area contributed by atoms with Crippen molar-refractivity contribution in [2.75, 3.05) is 0 Å². The first-order chi connectivity index (χ1) is 10.1. The van der Waals surface area contributed by atoms with Gasteiger partial charge < -0.3 is 10.1 Å². The molecule has 1 fully saturated rings. The molecule has 2 nitrogen and oxygen atoms in total. The highest BCUT2D eigenvalue weighted by Gasteiger charge is 2.26. The summed E-state index contributed by atoms with van der Waals surface area (Å²) in [6, 6.07) is 9.20. The quantitative estimate of drug-likeness (QED) is 0.814. The summed E-state index contributed by atoms with van der Waals surface area (Å²) in [6.07, 6.45) is 5.74. The standard InChI is InChI=1S/C19H31NO/c1-14(2)18-7-5-6-8-19(18)20-13-16-9-11-17(12-10-16)21-15(3)4/h9-12,14-15,18-20H,5-8,13H2,1-4H3. The smallest absolute Gasteiger partial charge is 0.119 e. The van der Waals surface area contributed by atoms with Crippen molar-refractivity contribution in [2.24, 2.45) is 11.8 Å². The van der Waals surface area contributed by atoms with Crippen LogP contribution in [0.25, 0.3) is 0 Å². The largest absolute Gasteiger partial charge is 0.491 e. The number of benzene rings is 1. The average Bonchev–Trinajstić information content (AvgIpc) is 2.46. The third kappa shape index (κ3) is 5.03. The molecule has 1 saturated carbocycles. The molecule has 1 aliphatic rings. The van der Waals surface area contributed by atoms with Crippen LogP contribution in [0.4, 0.5) is 0 Å². The van der Waals surface area contributed by atoms with E-state index in [4.69, 9.17) is 4.74 Å². The van der Waals surface area contributed by atoms with Crippen molar-refractivity contribution >= 4 is 0 Å². The van der Waals surface area contributed by atoms with E-state index in [1.807, 2.05) is 0 Å².